The second kappa shape index (κ2) is 5.45. The van der Waals surface area contributed by atoms with Crippen molar-refractivity contribution in [1.82, 2.24) is 4.90 Å². The van der Waals surface area contributed by atoms with Crippen molar-refractivity contribution in [2.45, 2.75) is 25.3 Å². The van der Waals surface area contributed by atoms with Gasteiger partial charge in [0.05, 0.1) is 17.2 Å². The molecule has 0 radical (unpaired) electrons. The second-order valence-corrected chi connectivity index (χ2v) is 4.41. The Morgan fingerprint density at radius 1 is 1.05 bits per heavy atom. The van der Waals surface area contributed by atoms with Crippen LogP contribution >= 0.6 is 0 Å². The first kappa shape index (κ1) is 17.1. The smallest absolute Gasteiger partial charge is 0.416 e. The number of nitrogens with zero attached hydrogens (tertiary/aromatic N) is 1. The van der Waals surface area contributed by atoms with Gasteiger partial charge in [-0.2, -0.15) is 26.3 Å². The fourth-order valence-corrected chi connectivity index (χ4v) is 1.61. The molecule has 0 unspecified atom stereocenters. The van der Waals surface area contributed by atoms with Crippen molar-refractivity contribution in [2.75, 3.05) is 7.05 Å². The molecule has 0 aliphatic rings. The van der Waals surface area contributed by atoms with Gasteiger partial charge in [-0.15, -0.1) is 0 Å². The van der Waals surface area contributed by atoms with Crippen molar-refractivity contribution in [3.63, 3.8) is 0 Å². The van der Waals surface area contributed by atoms with E-state index >= 15 is 0 Å². The molecular weight excluding hydrogens is 304 g/mol. The molecule has 0 heterocycles. The Balaban J connectivity index is 3.42. The molecule has 1 atom stereocenters. The zero-order chi connectivity index (χ0) is 16.6. The molecule has 21 heavy (non-hydrogen) atoms. The van der Waals surface area contributed by atoms with Gasteiger partial charge in [0.15, 0.2) is 0 Å². The van der Waals surface area contributed by atoms with E-state index in [9.17, 15) is 31.1 Å². The van der Waals surface area contributed by atoms with Crippen LogP contribution < -0.4 is 0 Å². The summed E-state index contributed by atoms with van der Waals surface area (Å²) in [6, 6.07) is -0.138. The second-order valence-electron chi connectivity index (χ2n) is 4.41. The Kier molecular flexibility index (Phi) is 4.45. The summed E-state index contributed by atoms with van der Waals surface area (Å²) in [4.78, 5) is 11.4. The highest BCUT2D eigenvalue weighted by Crippen LogP contribution is 2.38. The Morgan fingerprint density at radius 3 is 1.71 bits per heavy atom. The zero-order valence-electron chi connectivity index (χ0n) is 10.9. The topological polar surface area (TPSA) is 40.5 Å². The van der Waals surface area contributed by atoms with Crippen molar-refractivity contribution in [3.05, 3.63) is 34.9 Å². The lowest BCUT2D eigenvalue weighted by Gasteiger charge is -2.24. The van der Waals surface area contributed by atoms with Crippen LogP contribution in [0.15, 0.2) is 18.2 Å². The number of hydrogen-bond acceptors (Lipinski definition) is 1. The number of amides is 1. The molecule has 0 bridgehead atoms. The standard InChI is InChI=1S/C12H11F6NO2/c1-6(19(2)10(20)21)7-3-8(11(13,14)15)5-9(4-7)12(16,17)18/h3-6H,1-2H3,(H,20,21)/t6-/m0/s1. The summed E-state index contributed by atoms with van der Waals surface area (Å²) in [5.74, 6) is 0. The first-order valence-corrected chi connectivity index (χ1v) is 5.59. The van der Waals surface area contributed by atoms with Crippen LogP contribution in [0.25, 0.3) is 0 Å². The molecule has 0 aliphatic heterocycles. The summed E-state index contributed by atoms with van der Waals surface area (Å²) in [6.45, 7) is 1.20. The fourth-order valence-electron chi connectivity index (χ4n) is 1.61. The highest BCUT2D eigenvalue weighted by Gasteiger charge is 2.37. The van der Waals surface area contributed by atoms with Gasteiger partial charge in [-0.3, -0.25) is 0 Å². The molecule has 3 nitrogen and oxygen atoms in total. The quantitative estimate of drug-likeness (QED) is 0.822. The Hall–Kier alpha value is -1.93. The van der Waals surface area contributed by atoms with Gasteiger partial charge in [-0.05, 0) is 30.7 Å². The molecule has 1 rings (SSSR count). The van der Waals surface area contributed by atoms with Crippen LogP contribution in [0.5, 0.6) is 0 Å². The average molecular weight is 315 g/mol. The van der Waals surface area contributed by atoms with Gasteiger partial charge in [0, 0.05) is 7.05 Å². The van der Waals surface area contributed by atoms with Crippen molar-refractivity contribution in [2.24, 2.45) is 0 Å². The predicted molar refractivity (Wildman–Crippen MR) is 60.6 cm³/mol. The monoisotopic (exact) mass is 315 g/mol. The summed E-state index contributed by atoms with van der Waals surface area (Å²) < 4.78 is 76.0. The van der Waals surface area contributed by atoms with E-state index in [1.165, 1.54) is 6.92 Å². The van der Waals surface area contributed by atoms with E-state index in [0.717, 1.165) is 7.05 Å². The lowest BCUT2D eigenvalue weighted by Crippen LogP contribution is -2.28. The van der Waals surface area contributed by atoms with E-state index < -0.39 is 35.6 Å². The first-order chi connectivity index (χ1) is 9.34. The van der Waals surface area contributed by atoms with Crippen LogP contribution in [0, 0.1) is 0 Å². The van der Waals surface area contributed by atoms with E-state index in [0.29, 0.717) is 17.0 Å². The fraction of sp³-hybridized carbons (Fsp3) is 0.417. The van der Waals surface area contributed by atoms with Crippen LogP contribution in [0.3, 0.4) is 0 Å². The number of hydrogen-bond donors (Lipinski definition) is 1. The van der Waals surface area contributed by atoms with Crippen molar-refractivity contribution < 1.29 is 36.2 Å². The summed E-state index contributed by atoms with van der Waals surface area (Å²) in [5.41, 5.74) is -3.34. The number of halogens is 6. The minimum atomic E-state index is -4.96. The van der Waals surface area contributed by atoms with Crippen LogP contribution in [0.2, 0.25) is 0 Å². The lowest BCUT2D eigenvalue weighted by atomic mass is 10.00. The number of carboxylic acid groups (broad SMARTS) is 1. The van der Waals surface area contributed by atoms with Gasteiger partial charge < -0.3 is 10.0 Å². The maximum absolute atomic E-state index is 12.7. The Labute approximate surface area is 115 Å². The number of alkyl halides is 6. The van der Waals surface area contributed by atoms with E-state index in [1.54, 1.807) is 0 Å². The minimum absolute atomic E-state index is 0.00299. The Bertz CT molecular complexity index is 505. The molecule has 1 amide bonds. The van der Waals surface area contributed by atoms with Gasteiger partial charge in [-0.1, -0.05) is 0 Å². The number of carbonyl (C=O) groups is 1. The van der Waals surface area contributed by atoms with E-state index in [4.69, 9.17) is 5.11 Å². The van der Waals surface area contributed by atoms with Gasteiger partial charge >= 0.3 is 18.4 Å². The highest BCUT2D eigenvalue weighted by molar-refractivity contribution is 5.65. The van der Waals surface area contributed by atoms with E-state index in [1.807, 2.05) is 0 Å². The molecule has 0 aromatic heterocycles. The molecular formula is C12H11F6NO2. The Morgan fingerprint density at radius 2 is 1.43 bits per heavy atom. The van der Waals surface area contributed by atoms with Gasteiger partial charge in [0.1, 0.15) is 0 Å². The van der Waals surface area contributed by atoms with Crippen molar-refractivity contribution in [3.8, 4) is 0 Å². The maximum atomic E-state index is 12.7. The van der Waals surface area contributed by atoms with E-state index in [-0.39, 0.29) is 11.6 Å². The highest BCUT2D eigenvalue weighted by atomic mass is 19.4. The SMILES string of the molecule is C[C@@H](c1cc(C(F)(F)F)cc(C(F)(F)F)c1)N(C)C(=O)O. The third-order valence-corrected chi connectivity index (χ3v) is 2.98. The van der Waals surface area contributed by atoms with Gasteiger partial charge in [0.2, 0.25) is 0 Å². The van der Waals surface area contributed by atoms with Gasteiger partial charge in [-0.25, -0.2) is 4.79 Å². The van der Waals surface area contributed by atoms with Crippen LogP contribution in [-0.2, 0) is 12.4 Å². The molecule has 9 heteroatoms. The molecule has 0 fully saturated rings. The van der Waals surface area contributed by atoms with Crippen LogP contribution in [0.4, 0.5) is 31.1 Å². The molecule has 0 spiro atoms. The summed E-state index contributed by atoms with van der Waals surface area (Å²) in [7, 11) is 1.06. The van der Waals surface area contributed by atoms with Crippen molar-refractivity contribution >= 4 is 6.09 Å². The minimum Gasteiger partial charge on any atom is -0.465 e. The molecule has 0 aliphatic carbocycles. The summed E-state index contributed by atoms with van der Waals surface area (Å²) in [5, 5.41) is 8.75. The predicted octanol–water partition coefficient (Wildman–Crippen LogP) is 4.40. The largest absolute Gasteiger partial charge is 0.465 e. The van der Waals surface area contributed by atoms with Crippen LogP contribution in [-0.4, -0.2) is 23.1 Å². The lowest BCUT2D eigenvalue weighted by molar-refractivity contribution is -0.143. The summed E-state index contributed by atoms with van der Waals surface area (Å²) >= 11 is 0. The molecule has 0 saturated carbocycles. The van der Waals surface area contributed by atoms with Crippen LogP contribution in [0.1, 0.15) is 29.7 Å². The number of rotatable bonds is 2. The molecule has 118 valence electrons. The molecule has 1 aromatic carbocycles. The van der Waals surface area contributed by atoms with E-state index in [2.05, 4.69) is 0 Å². The number of benzene rings is 1. The van der Waals surface area contributed by atoms with Gasteiger partial charge in [0.25, 0.3) is 0 Å². The third-order valence-electron chi connectivity index (χ3n) is 2.98. The summed E-state index contributed by atoms with van der Waals surface area (Å²) in [6.07, 6.45) is -11.4. The normalized spacial score (nSPS) is 13.9. The molecule has 0 saturated heterocycles. The first-order valence-electron chi connectivity index (χ1n) is 5.59. The molecule has 1 N–H and O–H groups in total. The molecule has 1 aromatic rings. The maximum Gasteiger partial charge on any atom is 0.416 e. The third kappa shape index (κ3) is 4.02. The average Bonchev–Trinajstić information content (AvgIpc) is 2.34. The van der Waals surface area contributed by atoms with Crippen molar-refractivity contribution in [1.29, 1.82) is 0 Å². The zero-order valence-corrected chi connectivity index (χ0v) is 10.9.